The molecule has 0 atom stereocenters. The summed E-state index contributed by atoms with van der Waals surface area (Å²) in [7, 11) is 0. The summed E-state index contributed by atoms with van der Waals surface area (Å²) in [6.07, 6.45) is -2.51. The number of nitrogens with one attached hydrogen (secondary N) is 1. The van der Waals surface area contributed by atoms with E-state index in [4.69, 9.17) is 4.74 Å². The van der Waals surface area contributed by atoms with E-state index in [1.54, 1.807) is 19.2 Å². The molecule has 1 N–H and O–H groups in total. The summed E-state index contributed by atoms with van der Waals surface area (Å²) in [5.74, 6) is 0.473. The molecule has 0 radical (unpaired) electrons. The van der Waals surface area contributed by atoms with Crippen molar-refractivity contribution in [2.75, 3.05) is 13.2 Å². The van der Waals surface area contributed by atoms with E-state index < -0.39 is 12.6 Å². The van der Waals surface area contributed by atoms with Gasteiger partial charge in [-0.25, -0.2) is 0 Å². The second kappa shape index (κ2) is 7.33. The second-order valence-corrected chi connectivity index (χ2v) is 4.32. The van der Waals surface area contributed by atoms with Gasteiger partial charge in [0.15, 0.2) is 0 Å². The molecule has 108 valence electrons. The maximum Gasteiger partial charge on any atom is 0.392 e. The molecule has 1 rings (SSSR count). The minimum atomic E-state index is -4.19. The smallest absolute Gasteiger partial charge is 0.392 e. The normalized spacial score (nSPS) is 11.6. The van der Waals surface area contributed by atoms with Gasteiger partial charge in [-0.05, 0) is 19.9 Å². The second-order valence-electron chi connectivity index (χ2n) is 4.32. The molecule has 1 aromatic rings. The molecule has 0 aromatic carbocycles. The first-order valence-corrected chi connectivity index (χ1v) is 6.28. The third-order valence-corrected chi connectivity index (χ3v) is 2.47. The Balaban J connectivity index is 2.60. The van der Waals surface area contributed by atoms with Gasteiger partial charge in [0.1, 0.15) is 5.75 Å². The van der Waals surface area contributed by atoms with Gasteiger partial charge in [-0.3, -0.25) is 4.98 Å². The Labute approximate surface area is 111 Å². The molecule has 0 amide bonds. The van der Waals surface area contributed by atoms with Gasteiger partial charge < -0.3 is 10.1 Å². The van der Waals surface area contributed by atoms with E-state index in [0.717, 1.165) is 24.2 Å². The number of alkyl halides is 3. The molecule has 0 bridgehead atoms. The van der Waals surface area contributed by atoms with Crippen molar-refractivity contribution in [1.82, 2.24) is 10.3 Å². The molecule has 0 fully saturated rings. The van der Waals surface area contributed by atoms with E-state index in [-0.39, 0.29) is 6.61 Å². The number of aromatic nitrogens is 1. The molecule has 19 heavy (non-hydrogen) atoms. The lowest BCUT2D eigenvalue weighted by Crippen LogP contribution is -2.17. The SMILES string of the molecule is CCCNCc1cnc(C)cc1OCCC(F)(F)F. The first-order valence-electron chi connectivity index (χ1n) is 6.28. The zero-order chi connectivity index (χ0) is 14.3. The largest absolute Gasteiger partial charge is 0.493 e. The van der Waals surface area contributed by atoms with Crippen molar-refractivity contribution in [1.29, 1.82) is 0 Å². The first kappa shape index (κ1) is 15.8. The van der Waals surface area contributed by atoms with Crippen molar-refractivity contribution in [3.63, 3.8) is 0 Å². The van der Waals surface area contributed by atoms with E-state index in [1.165, 1.54) is 0 Å². The average Bonchev–Trinajstić information content (AvgIpc) is 2.30. The third kappa shape index (κ3) is 6.42. The zero-order valence-corrected chi connectivity index (χ0v) is 11.2. The minimum absolute atomic E-state index is 0.367. The van der Waals surface area contributed by atoms with Crippen LogP contribution in [-0.4, -0.2) is 24.3 Å². The van der Waals surface area contributed by atoms with Gasteiger partial charge in [-0.15, -0.1) is 0 Å². The minimum Gasteiger partial charge on any atom is -0.493 e. The molecule has 0 aliphatic rings. The van der Waals surface area contributed by atoms with Crippen molar-refractivity contribution in [2.24, 2.45) is 0 Å². The van der Waals surface area contributed by atoms with Gasteiger partial charge in [-0.2, -0.15) is 13.2 Å². The van der Waals surface area contributed by atoms with Crippen molar-refractivity contribution in [2.45, 2.75) is 39.4 Å². The van der Waals surface area contributed by atoms with Gasteiger partial charge in [0.2, 0.25) is 0 Å². The standard InChI is InChI=1S/C13H19F3N2O/c1-3-5-17-8-11-9-18-10(2)7-12(11)19-6-4-13(14,15)16/h7,9,17H,3-6,8H2,1-2H3. The van der Waals surface area contributed by atoms with Crippen molar-refractivity contribution in [3.8, 4) is 5.75 Å². The Morgan fingerprint density at radius 2 is 2.11 bits per heavy atom. The van der Waals surface area contributed by atoms with Crippen LogP contribution in [0.4, 0.5) is 13.2 Å². The predicted molar refractivity (Wildman–Crippen MR) is 67.1 cm³/mol. The summed E-state index contributed by atoms with van der Waals surface area (Å²) in [4.78, 5) is 4.13. The van der Waals surface area contributed by atoms with Crippen molar-refractivity contribution >= 4 is 0 Å². The number of halogens is 3. The van der Waals surface area contributed by atoms with Gasteiger partial charge in [0, 0.05) is 30.1 Å². The van der Waals surface area contributed by atoms with Crippen LogP contribution in [0.2, 0.25) is 0 Å². The third-order valence-electron chi connectivity index (χ3n) is 2.47. The number of rotatable bonds is 7. The predicted octanol–water partition coefficient (Wildman–Crippen LogP) is 3.22. The summed E-state index contributed by atoms with van der Waals surface area (Å²) < 4.78 is 41.5. The summed E-state index contributed by atoms with van der Waals surface area (Å²) >= 11 is 0. The Kier molecular flexibility index (Phi) is 6.08. The highest BCUT2D eigenvalue weighted by Crippen LogP contribution is 2.22. The van der Waals surface area contributed by atoms with Crippen LogP contribution in [0.5, 0.6) is 5.75 Å². The molecular weight excluding hydrogens is 257 g/mol. The summed E-state index contributed by atoms with van der Waals surface area (Å²) in [6, 6.07) is 1.67. The number of aryl methyl sites for hydroxylation is 1. The molecule has 0 aliphatic heterocycles. The van der Waals surface area contributed by atoms with Gasteiger partial charge >= 0.3 is 6.18 Å². The van der Waals surface area contributed by atoms with E-state index in [9.17, 15) is 13.2 Å². The highest BCUT2D eigenvalue weighted by molar-refractivity contribution is 5.32. The van der Waals surface area contributed by atoms with Crippen molar-refractivity contribution < 1.29 is 17.9 Å². The van der Waals surface area contributed by atoms with E-state index >= 15 is 0 Å². The zero-order valence-electron chi connectivity index (χ0n) is 11.2. The van der Waals surface area contributed by atoms with Crippen LogP contribution < -0.4 is 10.1 Å². The Morgan fingerprint density at radius 1 is 1.37 bits per heavy atom. The number of ether oxygens (including phenoxy) is 1. The maximum absolute atomic E-state index is 12.1. The number of hydrogen-bond acceptors (Lipinski definition) is 3. The monoisotopic (exact) mass is 276 g/mol. The first-order chi connectivity index (χ1) is 8.92. The topological polar surface area (TPSA) is 34.2 Å². The Bertz CT molecular complexity index is 394. The summed E-state index contributed by atoms with van der Waals surface area (Å²) in [5, 5.41) is 3.18. The molecule has 0 aliphatic carbocycles. The maximum atomic E-state index is 12.1. The van der Waals surface area contributed by atoms with Crippen LogP contribution in [-0.2, 0) is 6.54 Å². The average molecular weight is 276 g/mol. The fourth-order valence-corrected chi connectivity index (χ4v) is 1.51. The number of hydrogen-bond donors (Lipinski definition) is 1. The van der Waals surface area contributed by atoms with E-state index in [2.05, 4.69) is 10.3 Å². The molecule has 1 aromatic heterocycles. The Hall–Kier alpha value is -1.30. The number of pyridine rings is 1. The van der Waals surface area contributed by atoms with Crippen LogP contribution in [0, 0.1) is 6.92 Å². The molecule has 6 heteroatoms. The van der Waals surface area contributed by atoms with Gasteiger partial charge in [0.25, 0.3) is 0 Å². The van der Waals surface area contributed by atoms with Crippen LogP contribution in [0.1, 0.15) is 31.0 Å². The van der Waals surface area contributed by atoms with E-state index in [1.807, 2.05) is 6.92 Å². The lowest BCUT2D eigenvalue weighted by Gasteiger charge is -2.13. The molecule has 3 nitrogen and oxygen atoms in total. The molecule has 0 unspecified atom stereocenters. The molecular formula is C13H19F3N2O. The fourth-order valence-electron chi connectivity index (χ4n) is 1.51. The highest BCUT2D eigenvalue weighted by atomic mass is 19.4. The summed E-state index contributed by atoms with van der Waals surface area (Å²) in [6.45, 7) is 4.84. The lowest BCUT2D eigenvalue weighted by molar-refractivity contribution is -0.139. The number of nitrogens with zero attached hydrogens (tertiary/aromatic N) is 1. The fraction of sp³-hybridized carbons (Fsp3) is 0.615. The molecule has 0 saturated carbocycles. The van der Waals surface area contributed by atoms with Gasteiger partial charge in [0.05, 0.1) is 13.0 Å². The Morgan fingerprint density at radius 3 is 2.74 bits per heavy atom. The van der Waals surface area contributed by atoms with Crippen LogP contribution in [0.3, 0.4) is 0 Å². The van der Waals surface area contributed by atoms with Crippen LogP contribution in [0.25, 0.3) is 0 Å². The van der Waals surface area contributed by atoms with Crippen LogP contribution >= 0.6 is 0 Å². The van der Waals surface area contributed by atoms with E-state index in [0.29, 0.717) is 12.3 Å². The summed E-state index contributed by atoms with van der Waals surface area (Å²) in [5.41, 5.74) is 1.50. The van der Waals surface area contributed by atoms with Crippen LogP contribution in [0.15, 0.2) is 12.3 Å². The van der Waals surface area contributed by atoms with Gasteiger partial charge in [-0.1, -0.05) is 6.92 Å². The molecule has 0 saturated heterocycles. The molecule has 0 spiro atoms. The quantitative estimate of drug-likeness (QED) is 0.776. The van der Waals surface area contributed by atoms with Crippen molar-refractivity contribution in [3.05, 3.63) is 23.5 Å². The highest BCUT2D eigenvalue weighted by Gasteiger charge is 2.27. The lowest BCUT2D eigenvalue weighted by atomic mass is 10.2. The molecule has 1 heterocycles.